The molecule has 0 radical (unpaired) electrons. The fourth-order valence-electron chi connectivity index (χ4n) is 1.94. The molecule has 7 heteroatoms. The summed E-state index contributed by atoms with van der Waals surface area (Å²) in [6.07, 6.45) is 0. The SMILES string of the molecule is CC1CN(S(=O)(=O)c2ccccc2F)CC1N.Cl. The van der Waals surface area contributed by atoms with Crippen molar-refractivity contribution in [3.63, 3.8) is 0 Å². The van der Waals surface area contributed by atoms with E-state index in [1.165, 1.54) is 22.5 Å². The van der Waals surface area contributed by atoms with Gasteiger partial charge in [-0.2, -0.15) is 4.31 Å². The van der Waals surface area contributed by atoms with Gasteiger partial charge in [0.2, 0.25) is 10.0 Å². The van der Waals surface area contributed by atoms with Crippen molar-refractivity contribution in [2.45, 2.75) is 17.9 Å². The fraction of sp³-hybridized carbons (Fsp3) is 0.455. The third kappa shape index (κ3) is 2.66. The van der Waals surface area contributed by atoms with E-state index in [2.05, 4.69) is 0 Å². The van der Waals surface area contributed by atoms with Crippen LogP contribution in [0.5, 0.6) is 0 Å². The van der Waals surface area contributed by atoms with Crippen molar-refractivity contribution in [2.24, 2.45) is 11.7 Å². The van der Waals surface area contributed by atoms with E-state index in [4.69, 9.17) is 5.73 Å². The van der Waals surface area contributed by atoms with E-state index in [0.29, 0.717) is 6.54 Å². The molecular formula is C11H16ClFN2O2S. The van der Waals surface area contributed by atoms with Crippen LogP contribution in [0.15, 0.2) is 29.2 Å². The fourth-order valence-corrected chi connectivity index (χ4v) is 3.58. The van der Waals surface area contributed by atoms with Crippen LogP contribution in [0.3, 0.4) is 0 Å². The Morgan fingerprint density at radius 2 is 1.94 bits per heavy atom. The lowest BCUT2D eigenvalue weighted by molar-refractivity contribution is 0.458. The molecule has 4 nitrogen and oxygen atoms in total. The van der Waals surface area contributed by atoms with Crippen LogP contribution < -0.4 is 5.73 Å². The second kappa shape index (κ2) is 5.52. The number of sulfonamides is 1. The van der Waals surface area contributed by atoms with E-state index in [9.17, 15) is 12.8 Å². The highest BCUT2D eigenvalue weighted by Gasteiger charge is 2.36. The van der Waals surface area contributed by atoms with Crippen molar-refractivity contribution in [3.05, 3.63) is 30.1 Å². The van der Waals surface area contributed by atoms with E-state index in [0.717, 1.165) is 6.07 Å². The van der Waals surface area contributed by atoms with Gasteiger partial charge >= 0.3 is 0 Å². The molecule has 1 aliphatic rings. The van der Waals surface area contributed by atoms with Gasteiger partial charge in [0.25, 0.3) is 0 Å². The van der Waals surface area contributed by atoms with E-state index < -0.39 is 15.8 Å². The summed E-state index contributed by atoms with van der Waals surface area (Å²) in [5.74, 6) is -0.628. The van der Waals surface area contributed by atoms with Gasteiger partial charge in [0, 0.05) is 19.1 Å². The summed E-state index contributed by atoms with van der Waals surface area (Å²) in [6, 6.07) is 5.21. The zero-order valence-corrected chi connectivity index (χ0v) is 11.5. The van der Waals surface area contributed by atoms with Crippen LogP contribution in [0.1, 0.15) is 6.92 Å². The summed E-state index contributed by atoms with van der Waals surface area (Å²) >= 11 is 0. The molecule has 0 spiro atoms. The van der Waals surface area contributed by atoms with E-state index in [1.54, 1.807) is 0 Å². The molecule has 0 bridgehead atoms. The lowest BCUT2D eigenvalue weighted by Gasteiger charge is -2.16. The predicted octanol–water partition coefficient (Wildman–Crippen LogP) is 1.22. The number of nitrogens with zero attached hydrogens (tertiary/aromatic N) is 1. The highest BCUT2D eigenvalue weighted by atomic mass is 35.5. The summed E-state index contributed by atoms with van der Waals surface area (Å²) in [7, 11) is -3.76. The zero-order valence-electron chi connectivity index (χ0n) is 9.91. The molecule has 0 aliphatic carbocycles. The molecule has 2 atom stereocenters. The van der Waals surface area contributed by atoms with Gasteiger partial charge in [-0.15, -0.1) is 12.4 Å². The molecule has 2 N–H and O–H groups in total. The van der Waals surface area contributed by atoms with Crippen LogP contribution in [0, 0.1) is 11.7 Å². The maximum atomic E-state index is 13.5. The van der Waals surface area contributed by atoms with Crippen molar-refractivity contribution >= 4 is 22.4 Å². The molecule has 0 saturated carbocycles. The van der Waals surface area contributed by atoms with Gasteiger partial charge in [0.05, 0.1) is 0 Å². The van der Waals surface area contributed by atoms with Gasteiger partial charge < -0.3 is 5.73 Å². The van der Waals surface area contributed by atoms with Gasteiger partial charge in [0.15, 0.2) is 0 Å². The van der Waals surface area contributed by atoms with E-state index in [-0.39, 0.29) is 35.8 Å². The normalized spacial score (nSPS) is 24.8. The number of hydrogen-bond donors (Lipinski definition) is 1. The second-order valence-corrected chi connectivity index (χ2v) is 6.30. The van der Waals surface area contributed by atoms with Crippen molar-refractivity contribution in [1.29, 1.82) is 0 Å². The lowest BCUT2D eigenvalue weighted by atomic mass is 10.1. The van der Waals surface area contributed by atoms with Crippen LogP contribution in [-0.2, 0) is 10.0 Å². The molecule has 1 fully saturated rings. The Kier molecular flexibility index (Phi) is 4.72. The van der Waals surface area contributed by atoms with Crippen molar-refractivity contribution in [2.75, 3.05) is 13.1 Å². The quantitative estimate of drug-likeness (QED) is 0.892. The third-order valence-corrected chi connectivity index (χ3v) is 4.96. The standard InChI is InChI=1S/C11H15FN2O2S.ClH/c1-8-6-14(7-10(8)13)17(15,16)11-5-3-2-4-9(11)12;/h2-5,8,10H,6-7,13H2,1H3;1H. The highest BCUT2D eigenvalue weighted by Crippen LogP contribution is 2.24. The van der Waals surface area contributed by atoms with E-state index >= 15 is 0 Å². The Labute approximate surface area is 112 Å². The predicted molar refractivity (Wildman–Crippen MR) is 69.5 cm³/mol. The molecule has 1 aromatic carbocycles. The van der Waals surface area contributed by atoms with E-state index in [1.807, 2.05) is 6.92 Å². The molecule has 2 unspecified atom stereocenters. The average molecular weight is 295 g/mol. The molecule has 1 aromatic rings. The highest BCUT2D eigenvalue weighted by molar-refractivity contribution is 7.89. The Hall–Kier alpha value is -0.690. The van der Waals surface area contributed by atoms with Gasteiger partial charge in [-0.1, -0.05) is 19.1 Å². The molecule has 2 rings (SSSR count). The monoisotopic (exact) mass is 294 g/mol. The number of nitrogens with two attached hydrogens (primary N) is 1. The molecule has 0 aromatic heterocycles. The first-order chi connectivity index (χ1) is 7.93. The Morgan fingerprint density at radius 3 is 2.44 bits per heavy atom. The summed E-state index contributed by atoms with van der Waals surface area (Å²) in [5.41, 5.74) is 5.78. The first-order valence-corrected chi connectivity index (χ1v) is 6.87. The lowest BCUT2D eigenvalue weighted by Crippen LogP contribution is -2.32. The first kappa shape index (κ1) is 15.4. The number of benzene rings is 1. The molecule has 1 aliphatic heterocycles. The molecule has 18 heavy (non-hydrogen) atoms. The molecule has 102 valence electrons. The van der Waals surface area contributed by atoms with Crippen molar-refractivity contribution in [1.82, 2.24) is 4.31 Å². The smallest absolute Gasteiger partial charge is 0.246 e. The molecule has 1 heterocycles. The summed E-state index contributed by atoms with van der Waals surface area (Å²) in [4.78, 5) is -0.277. The van der Waals surface area contributed by atoms with Crippen LogP contribution >= 0.6 is 12.4 Å². The maximum Gasteiger partial charge on any atom is 0.246 e. The molecule has 1 saturated heterocycles. The first-order valence-electron chi connectivity index (χ1n) is 5.43. The summed E-state index contributed by atoms with van der Waals surface area (Å²) in [6.45, 7) is 2.48. The van der Waals surface area contributed by atoms with Crippen LogP contribution in [0.4, 0.5) is 4.39 Å². The van der Waals surface area contributed by atoms with Gasteiger partial charge in [0.1, 0.15) is 10.7 Å². The zero-order chi connectivity index (χ0) is 12.6. The van der Waals surface area contributed by atoms with Crippen molar-refractivity contribution < 1.29 is 12.8 Å². The molecular weight excluding hydrogens is 279 g/mol. The minimum Gasteiger partial charge on any atom is -0.326 e. The Morgan fingerprint density at radius 1 is 1.33 bits per heavy atom. The molecule has 0 amide bonds. The number of rotatable bonds is 2. The van der Waals surface area contributed by atoms with Crippen molar-refractivity contribution in [3.8, 4) is 0 Å². The number of halogens is 2. The van der Waals surface area contributed by atoms with Gasteiger partial charge in [-0.3, -0.25) is 0 Å². The summed E-state index contributed by atoms with van der Waals surface area (Å²) in [5, 5.41) is 0. The minimum absolute atomic E-state index is 0. The topological polar surface area (TPSA) is 63.4 Å². The van der Waals surface area contributed by atoms with Gasteiger partial charge in [-0.05, 0) is 18.1 Å². The third-order valence-electron chi connectivity index (χ3n) is 3.09. The van der Waals surface area contributed by atoms with Crippen LogP contribution in [-0.4, -0.2) is 31.9 Å². The minimum atomic E-state index is -3.76. The number of hydrogen-bond acceptors (Lipinski definition) is 3. The van der Waals surface area contributed by atoms with Crippen LogP contribution in [0.2, 0.25) is 0 Å². The van der Waals surface area contributed by atoms with Crippen LogP contribution in [0.25, 0.3) is 0 Å². The van der Waals surface area contributed by atoms with Gasteiger partial charge in [-0.25, -0.2) is 12.8 Å². The summed E-state index contributed by atoms with van der Waals surface area (Å²) < 4.78 is 39.1. The maximum absolute atomic E-state index is 13.5. The Balaban J connectivity index is 0.00000162. The second-order valence-electron chi connectivity index (χ2n) is 4.39. The average Bonchev–Trinajstić information content (AvgIpc) is 2.60. The Bertz CT molecular complexity index is 514. The largest absolute Gasteiger partial charge is 0.326 e.